The van der Waals surface area contributed by atoms with Crippen LogP contribution >= 0.6 is 11.8 Å². The number of hydrogen-bond acceptors (Lipinski definition) is 7. The number of nitrogens with one attached hydrogen (secondary N) is 1. The molecule has 5 rings (SSSR count). The Balaban J connectivity index is 1.48. The summed E-state index contributed by atoms with van der Waals surface area (Å²) in [4.78, 5) is 44.6. The maximum absolute atomic E-state index is 13.3. The SMILES string of the molecule is O=C1S/C(=C\c2c(NC[C@H]3CCCO3)nc3ccccn3c2=O)C(=O)N1Cc1ccc(F)cc1. The van der Waals surface area contributed by atoms with Crippen LogP contribution in [0.15, 0.2) is 58.4 Å². The summed E-state index contributed by atoms with van der Waals surface area (Å²) in [7, 11) is 0. The number of aromatic nitrogens is 2. The smallest absolute Gasteiger partial charge is 0.293 e. The molecule has 1 atom stereocenters. The summed E-state index contributed by atoms with van der Waals surface area (Å²) in [5.74, 6) is -0.580. The van der Waals surface area contributed by atoms with Crippen LogP contribution < -0.4 is 10.9 Å². The molecule has 0 saturated carbocycles. The molecule has 2 fully saturated rings. The van der Waals surface area contributed by atoms with E-state index in [0.29, 0.717) is 30.2 Å². The molecule has 174 valence electrons. The quantitative estimate of drug-likeness (QED) is 0.538. The third-order valence-corrected chi connectivity index (χ3v) is 6.60. The van der Waals surface area contributed by atoms with Crippen molar-refractivity contribution in [1.29, 1.82) is 0 Å². The number of amides is 2. The van der Waals surface area contributed by atoms with Crippen LogP contribution in [0.5, 0.6) is 0 Å². The van der Waals surface area contributed by atoms with Gasteiger partial charge in [-0.25, -0.2) is 9.37 Å². The molecular weight excluding hydrogens is 459 g/mol. The average Bonchev–Trinajstić information content (AvgIpc) is 3.45. The number of pyridine rings is 1. The summed E-state index contributed by atoms with van der Waals surface area (Å²) >= 11 is 0.761. The third-order valence-electron chi connectivity index (χ3n) is 5.69. The Morgan fingerprint density at radius 2 is 2.00 bits per heavy atom. The van der Waals surface area contributed by atoms with Crippen molar-refractivity contribution in [3.8, 4) is 0 Å². The minimum absolute atomic E-state index is 0.0152. The summed E-state index contributed by atoms with van der Waals surface area (Å²) in [5.41, 5.74) is 0.917. The molecule has 1 aromatic carbocycles. The van der Waals surface area contributed by atoms with Gasteiger partial charge in [0.1, 0.15) is 17.3 Å². The number of benzene rings is 1. The predicted molar refractivity (Wildman–Crippen MR) is 127 cm³/mol. The molecule has 3 aromatic rings. The summed E-state index contributed by atoms with van der Waals surface area (Å²) in [6.07, 6.45) is 4.94. The highest BCUT2D eigenvalue weighted by Crippen LogP contribution is 2.33. The fraction of sp³-hybridized carbons (Fsp3) is 0.250. The molecule has 0 bridgehead atoms. The average molecular weight is 481 g/mol. The van der Waals surface area contributed by atoms with Gasteiger partial charge in [0.2, 0.25) is 0 Å². The second-order valence-electron chi connectivity index (χ2n) is 8.02. The number of hydrogen-bond donors (Lipinski definition) is 1. The number of halogens is 1. The van der Waals surface area contributed by atoms with Crippen LogP contribution in [-0.4, -0.2) is 44.7 Å². The Kier molecular flexibility index (Phi) is 6.16. The highest BCUT2D eigenvalue weighted by Gasteiger charge is 2.35. The number of carbonyl (C=O) groups is 2. The summed E-state index contributed by atoms with van der Waals surface area (Å²) in [5, 5.41) is 2.74. The molecule has 0 aliphatic carbocycles. The van der Waals surface area contributed by atoms with E-state index in [0.717, 1.165) is 29.5 Å². The van der Waals surface area contributed by atoms with Crippen LogP contribution in [-0.2, 0) is 16.1 Å². The van der Waals surface area contributed by atoms with Gasteiger partial charge in [-0.3, -0.25) is 23.7 Å². The molecule has 2 saturated heterocycles. The zero-order valence-electron chi connectivity index (χ0n) is 18.1. The zero-order valence-corrected chi connectivity index (χ0v) is 18.9. The highest BCUT2D eigenvalue weighted by molar-refractivity contribution is 8.18. The van der Waals surface area contributed by atoms with Gasteiger partial charge < -0.3 is 10.1 Å². The lowest BCUT2D eigenvalue weighted by atomic mass is 10.2. The first-order chi connectivity index (χ1) is 16.5. The van der Waals surface area contributed by atoms with Gasteiger partial charge in [0.05, 0.1) is 23.1 Å². The Morgan fingerprint density at radius 3 is 2.76 bits per heavy atom. The Labute approximate surface area is 198 Å². The molecule has 0 unspecified atom stereocenters. The van der Waals surface area contributed by atoms with Crippen molar-refractivity contribution in [1.82, 2.24) is 14.3 Å². The Hall–Kier alpha value is -3.50. The number of rotatable bonds is 6. The zero-order chi connectivity index (χ0) is 23.7. The monoisotopic (exact) mass is 480 g/mol. The van der Waals surface area contributed by atoms with E-state index in [1.165, 1.54) is 34.7 Å². The fourth-order valence-electron chi connectivity index (χ4n) is 3.92. The summed E-state index contributed by atoms with van der Waals surface area (Å²) in [6, 6.07) is 10.8. The van der Waals surface area contributed by atoms with E-state index in [9.17, 15) is 18.8 Å². The van der Waals surface area contributed by atoms with Crippen LogP contribution in [0.2, 0.25) is 0 Å². The van der Waals surface area contributed by atoms with Crippen molar-refractivity contribution in [2.45, 2.75) is 25.5 Å². The van der Waals surface area contributed by atoms with Gasteiger partial charge in [-0.15, -0.1) is 0 Å². The fourth-order valence-corrected chi connectivity index (χ4v) is 4.74. The van der Waals surface area contributed by atoms with E-state index in [4.69, 9.17) is 4.74 Å². The second kappa shape index (κ2) is 9.40. The second-order valence-corrected chi connectivity index (χ2v) is 9.01. The van der Waals surface area contributed by atoms with Gasteiger partial charge in [-0.1, -0.05) is 18.2 Å². The van der Waals surface area contributed by atoms with Crippen LogP contribution in [0.25, 0.3) is 11.7 Å². The lowest BCUT2D eigenvalue weighted by Gasteiger charge is -2.14. The van der Waals surface area contributed by atoms with Gasteiger partial charge in [-0.05, 0) is 60.5 Å². The highest BCUT2D eigenvalue weighted by atomic mass is 32.2. The molecule has 34 heavy (non-hydrogen) atoms. The van der Waals surface area contributed by atoms with Gasteiger partial charge in [0, 0.05) is 19.3 Å². The molecule has 2 aliphatic heterocycles. The van der Waals surface area contributed by atoms with Crippen molar-refractivity contribution in [3.05, 3.63) is 80.9 Å². The number of ether oxygens (including phenoxy) is 1. The van der Waals surface area contributed by atoms with Crippen molar-refractivity contribution in [3.63, 3.8) is 0 Å². The number of carbonyl (C=O) groups excluding carboxylic acids is 2. The van der Waals surface area contributed by atoms with Crippen molar-refractivity contribution in [2.24, 2.45) is 0 Å². The number of thioether (sulfide) groups is 1. The van der Waals surface area contributed by atoms with E-state index in [1.807, 2.05) is 0 Å². The maximum Gasteiger partial charge on any atom is 0.293 e. The van der Waals surface area contributed by atoms with Crippen LogP contribution in [0.1, 0.15) is 24.0 Å². The molecule has 8 nitrogen and oxygen atoms in total. The topological polar surface area (TPSA) is 93.0 Å². The van der Waals surface area contributed by atoms with E-state index in [1.54, 1.807) is 24.4 Å². The molecule has 2 aliphatic rings. The van der Waals surface area contributed by atoms with Crippen LogP contribution in [0, 0.1) is 5.82 Å². The molecule has 0 spiro atoms. The summed E-state index contributed by atoms with van der Waals surface area (Å²) in [6.45, 7) is 1.19. The van der Waals surface area contributed by atoms with E-state index in [2.05, 4.69) is 10.3 Å². The van der Waals surface area contributed by atoms with Crippen LogP contribution in [0.4, 0.5) is 15.0 Å². The molecule has 10 heteroatoms. The number of fused-ring (bicyclic) bond motifs is 1. The standard InChI is InChI=1S/C24H21FN4O4S/c25-16-8-6-15(7-9-16)14-29-23(31)19(34-24(29)32)12-18-21(26-13-17-4-3-11-33-17)27-20-5-1-2-10-28(20)22(18)30/h1-2,5-10,12,17,26H,3-4,11,13-14H2/b19-12-/t17-/m1/s1. The van der Waals surface area contributed by atoms with Crippen molar-refractivity contribution >= 4 is 40.4 Å². The normalized spacial score (nSPS) is 19.5. The van der Waals surface area contributed by atoms with Gasteiger partial charge in [-0.2, -0.15) is 0 Å². The van der Waals surface area contributed by atoms with E-state index >= 15 is 0 Å². The molecular formula is C24H21FN4O4S. The first-order valence-electron chi connectivity index (χ1n) is 10.9. The van der Waals surface area contributed by atoms with Gasteiger partial charge in [0.15, 0.2) is 0 Å². The third kappa shape index (κ3) is 4.46. The van der Waals surface area contributed by atoms with Gasteiger partial charge >= 0.3 is 0 Å². The van der Waals surface area contributed by atoms with Crippen LogP contribution in [0.3, 0.4) is 0 Å². The first-order valence-corrected chi connectivity index (χ1v) is 11.7. The largest absolute Gasteiger partial charge is 0.376 e. The lowest BCUT2D eigenvalue weighted by Crippen LogP contribution is -2.27. The molecule has 4 heterocycles. The maximum atomic E-state index is 13.3. The first kappa shape index (κ1) is 22.3. The van der Waals surface area contributed by atoms with E-state index in [-0.39, 0.29) is 28.7 Å². The lowest BCUT2D eigenvalue weighted by molar-refractivity contribution is -0.123. The Morgan fingerprint density at radius 1 is 1.18 bits per heavy atom. The molecule has 0 radical (unpaired) electrons. The molecule has 2 amide bonds. The number of imide groups is 1. The number of anilines is 1. The number of nitrogens with zero attached hydrogens (tertiary/aromatic N) is 3. The predicted octanol–water partition coefficient (Wildman–Crippen LogP) is 3.66. The molecule has 2 aromatic heterocycles. The minimum Gasteiger partial charge on any atom is -0.376 e. The summed E-state index contributed by atoms with van der Waals surface area (Å²) < 4.78 is 20.2. The van der Waals surface area contributed by atoms with Crippen molar-refractivity contribution < 1.29 is 18.7 Å². The van der Waals surface area contributed by atoms with Crippen molar-refractivity contribution in [2.75, 3.05) is 18.5 Å². The Bertz CT molecular complexity index is 1350. The molecule has 1 N–H and O–H groups in total. The van der Waals surface area contributed by atoms with Gasteiger partial charge in [0.25, 0.3) is 16.7 Å². The minimum atomic E-state index is -0.512. The van der Waals surface area contributed by atoms with E-state index < -0.39 is 17.0 Å².